The predicted molar refractivity (Wildman–Crippen MR) is 81.8 cm³/mol. The van der Waals surface area contributed by atoms with Gasteiger partial charge in [-0.3, -0.25) is 0 Å². The minimum absolute atomic E-state index is 0.791. The smallest absolute Gasteiger partial charge is 0.144 e. The standard InChI is InChI=1S/C12H9Br3N2/c1-7-2-3-9(14)11(4-7)17-12-10(15)5-8(13)6-16-12/h2-6H,1H3,(H,16,17). The molecule has 0 unspecified atom stereocenters. The third-order valence-electron chi connectivity index (χ3n) is 2.18. The molecule has 17 heavy (non-hydrogen) atoms. The van der Waals surface area contributed by atoms with Gasteiger partial charge < -0.3 is 5.32 Å². The van der Waals surface area contributed by atoms with Gasteiger partial charge in [0.1, 0.15) is 5.82 Å². The molecule has 2 rings (SSSR count). The van der Waals surface area contributed by atoms with Crippen molar-refractivity contribution in [3.8, 4) is 0 Å². The zero-order valence-corrected chi connectivity index (χ0v) is 13.7. The average Bonchev–Trinajstić information content (AvgIpc) is 2.27. The van der Waals surface area contributed by atoms with Gasteiger partial charge in [0, 0.05) is 15.1 Å². The molecule has 0 atom stereocenters. The van der Waals surface area contributed by atoms with E-state index in [1.807, 2.05) is 12.1 Å². The van der Waals surface area contributed by atoms with Crippen molar-refractivity contribution < 1.29 is 0 Å². The number of aryl methyl sites for hydroxylation is 1. The lowest BCUT2D eigenvalue weighted by Gasteiger charge is -2.10. The molecule has 2 nitrogen and oxygen atoms in total. The molecule has 1 N–H and O–H groups in total. The highest BCUT2D eigenvalue weighted by Crippen LogP contribution is 2.30. The summed E-state index contributed by atoms with van der Waals surface area (Å²) in [6, 6.07) is 8.10. The highest BCUT2D eigenvalue weighted by Gasteiger charge is 2.05. The first kappa shape index (κ1) is 13.1. The van der Waals surface area contributed by atoms with Gasteiger partial charge in [0.2, 0.25) is 0 Å². The average molecular weight is 421 g/mol. The Bertz CT molecular complexity index is 555. The first-order valence-electron chi connectivity index (χ1n) is 4.90. The number of aromatic nitrogens is 1. The second-order valence-corrected chi connectivity index (χ2v) is 6.22. The van der Waals surface area contributed by atoms with E-state index in [2.05, 4.69) is 77.1 Å². The zero-order chi connectivity index (χ0) is 12.4. The number of rotatable bonds is 2. The molecule has 0 fully saturated rings. The summed E-state index contributed by atoms with van der Waals surface area (Å²) in [5, 5.41) is 3.28. The second kappa shape index (κ2) is 5.50. The molecule has 0 saturated heterocycles. The first-order valence-corrected chi connectivity index (χ1v) is 7.28. The maximum Gasteiger partial charge on any atom is 0.144 e. The van der Waals surface area contributed by atoms with Crippen LogP contribution in [0.15, 0.2) is 43.9 Å². The van der Waals surface area contributed by atoms with Crippen LogP contribution >= 0.6 is 47.8 Å². The minimum Gasteiger partial charge on any atom is -0.338 e. The van der Waals surface area contributed by atoms with Gasteiger partial charge in [-0.15, -0.1) is 0 Å². The largest absolute Gasteiger partial charge is 0.338 e. The molecule has 0 aliphatic carbocycles. The van der Waals surface area contributed by atoms with Gasteiger partial charge in [-0.2, -0.15) is 0 Å². The Balaban J connectivity index is 2.34. The monoisotopic (exact) mass is 418 g/mol. The van der Waals surface area contributed by atoms with E-state index in [1.54, 1.807) is 6.20 Å². The van der Waals surface area contributed by atoms with E-state index < -0.39 is 0 Å². The van der Waals surface area contributed by atoms with E-state index >= 15 is 0 Å². The van der Waals surface area contributed by atoms with E-state index in [-0.39, 0.29) is 0 Å². The van der Waals surface area contributed by atoms with Crippen LogP contribution in [-0.4, -0.2) is 4.98 Å². The molecule has 2 aromatic rings. The quantitative estimate of drug-likeness (QED) is 0.701. The topological polar surface area (TPSA) is 24.9 Å². The summed E-state index contributed by atoms with van der Waals surface area (Å²) in [6.45, 7) is 2.06. The van der Waals surface area contributed by atoms with Gasteiger partial charge in [-0.1, -0.05) is 6.07 Å². The van der Waals surface area contributed by atoms with Gasteiger partial charge in [-0.05, 0) is 78.5 Å². The van der Waals surface area contributed by atoms with E-state index in [0.29, 0.717) is 0 Å². The molecule has 0 saturated carbocycles. The van der Waals surface area contributed by atoms with E-state index in [4.69, 9.17) is 0 Å². The molecule has 0 aliphatic heterocycles. The van der Waals surface area contributed by atoms with Crippen molar-refractivity contribution in [3.05, 3.63) is 49.4 Å². The van der Waals surface area contributed by atoms with Crippen LogP contribution in [0.4, 0.5) is 11.5 Å². The second-order valence-electron chi connectivity index (χ2n) is 3.59. The highest BCUT2D eigenvalue weighted by atomic mass is 79.9. The number of anilines is 2. The van der Waals surface area contributed by atoms with Crippen molar-refractivity contribution in [1.82, 2.24) is 4.98 Å². The van der Waals surface area contributed by atoms with Crippen molar-refractivity contribution in [2.24, 2.45) is 0 Å². The molecule has 1 heterocycles. The number of hydrogen-bond acceptors (Lipinski definition) is 2. The van der Waals surface area contributed by atoms with Crippen LogP contribution in [0.2, 0.25) is 0 Å². The molecule has 5 heteroatoms. The van der Waals surface area contributed by atoms with Crippen molar-refractivity contribution in [3.63, 3.8) is 0 Å². The lowest BCUT2D eigenvalue weighted by Crippen LogP contribution is -1.95. The fraction of sp³-hybridized carbons (Fsp3) is 0.0833. The van der Waals surface area contributed by atoms with Gasteiger partial charge in [0.05, 0.1) is 10.2 Å². The Morgan fingerprint density at radius 3 is 2.53 bits per heavy atom. The molecule has 0 radical (unpaired) electrons. The fourth-order valence-electron chi connectivity index (χ4n) is 1.37. The Kier molecular flexibility index (Phi) is 4.22. The Morgan fingerprint density at radius 2 is 1.82 bits per heavy atom. The number of pyridine rings is 1. The molecule has 0 bridgehead atoms. The van der Waals surface area contributed by atoms with Crippen LogP contribution in [0.1, 0.15) is 5.56 Å². The van der Waals surface area contributed by atoms with Crippen molar-refractivity contribution in [2.45, 2.75) is 6.92 Å². The Labute approximate surface area is 125 Å². The van der Waals surface area contributed by atoms with E-state index in [0.717, 1.165) is 24.9 Å². The third-order valence-corrected chi connectivity index (χ3v) is 3.91. The predicted octanol–water partition coefficient (Wildman–Crippen LogP) is 5.42. The highest BCUT2D eigenvalue weighted by molar-refractivity contribution is 9.11. The summed E-state index contributed by atoms with van der Waals surface area (Å²) in [4.78, 5) is 4.32. The molecule has 0 aliphatic rings. The van der Waals surface area contributed by atoms with Gasteiger partial charge >= 0.3 is 0 Å². The summed E-state index contributed by atoms with van der Waals surface area (Å²) in [5.41, 5.74) is 2.20. The van der Waals surface area contributed by atoms with Crippen LogP contribution in [-0.2, 0) is 0 Å². The summed E-state index contributed by atoms with van der Waals surface area (Å²) >= 11 is 10.4. The molecule has 1 aromatic heterocycles. The van der Waals surface area contributed by atoms with Crippen LogP contribution in [0.25, 0.3) is 0 Å². The number of nitrogens with zero attached hydrogens (tertiary/aromatic N) is 1. The molecule has 1 aromatic carbocycles. The normalized spacial score (nSPS) is 10.4. The molecule has 0 amide bonds. The summed E-state index contributed by atoms with van der Waals surface area (Å²) in [6.07, 6.45) is 1.76. The van der Waals surface area contributed by atoms with E-state index in [9.17, 15) is 0 Å². The lowest BCUT2D eigenvalue weighted by molar-refractivity contribution is 1.27. The summed E-state index contributed by atoms with van der Waals surface area (Å²) in [7, 11) is 0. The van der Waals surface area contributed by atoms with E-state index in [1.165, 1.54) is 5.56 Å². The fourth-order valence-corrected chi connectivity index (χ4v) is 2.80. The SMILES string of the molecule is Cc1ccc(Br)c(Nc2ncc(Br)cc2Br)c1. The number of halogens is 3. The molecular formula is C12H9Br3N2. The zero-order valence-electron chi connectivity index (χ0n) is 8.97. The molecular weight excluding hydrogens is 412 g/mol. The van der Waals surface area contributed by atoms with Crippen LogP contribution in [0.3, 0.4) is 0 Å². The minimum atomic E-state index is 0.791. The number of nitrogens with one attached hydrogen (secondary N) is 1. The van der Waals surface area contributed by atoms with Crippen LogP contribution in [0.5, 0.6) is 0 Å². The van der Waals surface area contributed by atoms with Gasteiger partial charge in [-0.25, -0.2) is 4.98 Å². The Hall–Kier alpha value is -0.390. The maximum absolute atomic E-state index is 4.32. The Morgan fingerprint density at radius 1 is 1.06 bits per heavy atom. The van der Waals surface area contributed by atoms with Crippen molar-refractivity contribution in [2.75, 3.05) is 5.32 Å². The molecule has 88 valence electrons. The maximum atomic E-state index is 4.32. The van der Waals surface area contributed by atoms with Gasteiger partial charge in [0.15, 0.2) is 0 Å². The molecule has 0 spiro atoms. The summed E-state index contributed by atoms with van der Waals surface area (Å²) in [5.74, 6) is 0.791. The lowest BCUT2D eigenvalue weighted by atomic mass is 10.2. The van der Waals surface area contributed by atoms with Crippen molar-refractivity contribution >= 4 is 59.3 Å². The van der Waals surface area contributed by atoms with Crippen LogP contribution < -0.4 is 5.32 Å². The number of benzene rings is 1. The van der Waals surface area contributed by atoms with Crippen LogP contribution in [0, 0.1) is 6.92 Å². The summed E-state index contributed by atoms with van der Waals surface area (Å²) < 4.78 is 2.87. The van der Waals surface area contributed by atoms with Crippen molar-refractivity contribution in [1.29, 1.82) is 0 Å². The number of hydrogen-bond donors (Lipinski definition) is 1. The van der Waals surface area contributed by atoms with Gasteiger partial charge in [0.25, 0.3) is 0 Å². The third kappa shape index (κ3) is 3.30. The first-order chi connectivity index (χ1) is 8.06.